The first-order valence-electron chi connectivity index (χ1n) is 10.8. The van der Waals surface area contributed by atoms with Crippen molar-refractivity contribution in [3.63, 3.8) is 0 Å². The van der Waals surface area contributed by atoms with E-state index in [4.69, 9.17) is 16.6 Å². The van der Waals surface area contributed by atoms with Crippen molar-refractivity contribution in [3.8, 4) is 0 Å². The molecule has 1 aromatic carbocycles. The zero-order chi connectivity index (χ0) is 24.4. The molecule has 0 aliphatic carbocycles. The van der Waals surface area contributed by atoms with Gasteiger partial charge in [0.2, 0.25) is 0 Å². The number of hydrogen-bond donors (Lipinski definition) is 2. The summed E-state index contributed by atoms with van der Waals surface area (Å²) in [5.74, 6) is 0.559. The molecule has 1 aliphatic rings. The number of nitrogens with zero attached hydrogens (tertiary/aromatic N) is 3. The highest BCUT2D eigenvalue weighted by molar-refractivity contribution is 8.26. The van der Waals surface area contributed by atoms with Crippen LogP contribution in [0.3, 0.4) is 0 Å². The Hall–Kier alpha value is -3.73. The minimum absolute atomic E-state index is 0.125. The van der Waals surface area contributed by atoms with Crippen LogP contribution in [0.4, 0.5) is 5.82 Å². The number of anilines is 1. The molecule has 10 heteroatoms. The molecule has 5 rings (SSSR count). The van der Waals surface area contributed by atoms with Gasteiger partial charge in [0.1, 0.15) is 21.5 Å². The van der Waals surface area contributed by atoms with Crippen molar-refractivity contribution in [2.24, 2.45) is 0 Å². The first kappa shape index (κ1) is 23.0. The summed E-state index contributed by atoms with van der Waals surface area (Å²) in [7, 11) is 0. The summed E-state index contributed by atoms with van der Waals surface area (Å²) in [6, 6.07) is 17.9. The summed E-state index contributed by atoms with van der Waals surface area (Å²) < 4.78 is 7.13. The van der Waals surface area contributed by atoms with Crippen LogP contribution in [0.2, 0.25) is 0 Å². The van der Waals surface area contributed by atoms with Crippen molar-refractivity contribution in [2.45, 2.75) is 12.6 Å². The van der Waals surface area contributed by atoms with Crippen molar-refractivity contribution in [2.75, 3.05) is 11.9 Å². The van der Waals surface area contributed by atoms with Crippen LogP contribution in [0.15, 0.2) is 87.2 Å². The molecule has 0 bridgehead atoms. The normalized spacial score (nSPS) is 15.8. The van der Waals surface area contributed by atoms with Gasteiger partial charge in [-0.1, -0.05) is 60.4 Å². The maximum Gasteiger partial charge on any atom is 0.267 e. The molecule has 0 saturated carbocycles. The molecule has 4 heterocycles. The van der Waals surface area contributed by atoms with Gasteiger partial charge in [-0.3, -0.25) is 18.9 Å². The molecule has 1 amide bonds. The molecule has 1 unspecified atom stereocenters. The Kier molecular flexibility index (Phi) is 6.49. The van der Waals surface area contributed by atoms with Crippen LogP contribution in [0, 0.1) is 0 Å². The molecule has 1 saturated heterocycles. The predicted molar refractivity (Wildman–Crippen MR) is 139 cm³/mol. The molecule has 0 radical (unpaired) electrons. The molecule has 1 aliphatic heterocycles. The van der Waals surface area contributed by atoms with Gasteiger partial charge in [-0.05, 0) is 35.9 Å². The minimum Gasteiger partial charge on any atom is -0.467 e. The Morgan fingerprint density at radius 1 is 1.11 bits per heavy atom. The van der Waals surface area contributed by atoms with Crippen LogP contribution in [-0.2, 0) is 11.3 Å². The number of rotatable bonds is 7. The van der Waals surface area contributed by atoms with Crippen LogP contribution >= 0.6 is 24.0 Å². The van der Waals surface area contributed by atoms with E-state index in [1.165, 1.54) is 21.6 Å². The highest BCUT2D eigenvalue weighted by Gasteiger charge is 2.33. The van der Waals surface area contributed by atoms with E-state index in [9.17, 15) is 14.7 Å². The molecular formula is C25H20N4O4S2. The number of fused-ring (bicyclic) bond motifs is 1. The summed E-state index contributed by atoms with van der Waals surface area (Å²) in [6.07, 6.45) is 3.85. The zero-order valence-corrected chi connectivity index (χ0v) is 20.0. The van der Waals surface area contributed by atoms with Crippen molar-refractivity contribution in [1.29, 1.82) is 0 Å². The van der Waals surface area contributed by atoms with Crippen LogP contribution in [0.25, 0.3) is 11.7 Å². The molecule has 0 spiro atoms. The summed E-state index contributed by atoms with van der Waals surface area (Å²) in [6.45, 7) is 0.331. The summed E-state index contributed by atoms with van der Waals surface area (Å²) in [4.78, 5) is 32.8. The lowest BCUT2D eigenvalue weighted by atomic mass is 10.1. The van der Waals surface area contributed by atoms with Crippen molar-refractivity contribution in [1.82, 2.24) is 14.3 Å². The topological polar surface area (TPSA) is 100 Å². The lowest BCUT2D eigenvalue weighted by molar-refractivity contribution is -0.122. The predicted octanol–water partition coefficient (Wildman–Crippen LogP) is 3.83. The van der Waals surface area contributed by atoms with E-state index in [1.54, 1.807) is 36.5 Å². The van der Waals surface area contributed by atoms with Crippen molar-refractivity contribution >= 4 is 51.7 Å². The van der Waals surface area contributed by atoms with E-state index >= 15 is 0 Å². The first-order valence-corrected chi connectivity index (χ1v) is 12.0. The van der Waals surface area contributed by atoms with Crippen LogP contribution in [-0.4, -0.2) is 36.2 Å². The third kappa shape index (κ3) is 4.76. The van der Waals surface area contributed by atoms with E-state index in [2.05, 4.69) is 10.3 Å². The van der Waals surface area contributed by atoms with E-state index < -0.39 is 6.10 Å². The van der Waals surface area contributed by atoms with E-state index in [-0.39, 0.29) is 35.9 Å². The number of aliphatic hydroxyl groups excluding tert-OH is 1. The number of furan rings is 1. The number of nitrogens with one attached hydrogen (secondary N) is 1. The molecule has 8 nitrogen and oxygen atoms in total. The zero-order valence-electron chi connectivity index (χ0n) is 18.3. The standard InChI is InChI=1S/C25H20N4O4S2/c30-19(16-7-2-1-3-8-16)14-26-22-18(23(31)28-11-5-4-10-21(28)27-22)13-20-24(32)29(25(34)35-20)15-17-9-6-12-33-17/h1-13,19,26,30H,14-15H2/b20-13-. The first-order chi connectivity index (χ1) is 17.0. The van der Waals surface area contributed by atoms with Gasteiger partial charge in [-0.2, -0.15) is 0 Å². The molecule has 2 N–H and O–H groups in total. The fourth-order valence-electron chi connectivity index (χ4n) is 3.68. The minimum atomic E-state index is -0.813. The maximum atomic E-state index is 13.4. The average Bonchev–Trinajstić information content (AvgIpc) is 3.49. The number of aromatic nitrogens is 2. The number of aliphatic hydroxyl groups is 1. The Balaban J connectivity index is 1.49. The fraction of sp³-hybridized carbons (Fsp3) is 0.120. The van der Waals surface area contributed by atoms with Gasteiger partial charge in [-0.15, -0.1) is 0 Å². The second-order valence-electron chi connectivity index (χ2n) is 7.76. The van der Waals surface area contributed by atoms with Gasteiger partial charge in [0.15, 0.2) is 0 Å². The van der Waals surface area contributed by atoms with Gasteiger partial charge in [0.25, 0.3) is 11.5 Å². The Morgan fingerprint density at radius 3 is 2.69 bits per heavy atom. The number of pyridine rings is 1. The van der Waals surface area contributed by atoms with Gasteiger partial charge in [0, 0.05) is 12.7 Å². The second-order valence-corrected chi connectivity index (χ2v) is 9.44. The quantitative estimate of drug-likeness (QED) is 0.289. The van der Waals surface area contributed by atoms with Gasteiger partial charge < -0.3 is 14.8 Å². The van der Waals surface area contributed by atoms with Gasteiger partial charge in [-0.25, -0.2) is 4.98 Å². The van der Waals surface area contributed by atoms with Crippen LogP contribution < -0.4 is 10.9 Å². The third-order valence-electron chi connectivity index (χ3n) is 5.46. The van der Waals surface area contributed by atoms with Crippen molar-refractivity contribution in [3.05, 3.63) is 105 Å². The Bertz CT molecular complexity index is 1480. The number of carbonyl (C=O) groups excluding carboxylic acids is 1. The maximum absolute atomic E-state index is 13.4. The number of thiocarbonyl (C=S) groups is 1. The molecule has 3 aromatic heterocycles. The van der Waals surface area contributed by atoms with Crippen LogP contribution in [0.5, 0.6) is 0 Å². The molecule has 1 atom stereocenters. The number of carbonyl (C=O) groups is 1. The highest BCUT2D eigenvalue weighted by atomic mass is 32.2. The summed E-state index contributed by atoms with van der Waals surface area (Å²) in [5, 5.41) is 13.7. The molecule has 1 fully saturated rings. The number of hydrogen-bond acceptors (Lipinski definition) is 8. The van der Waals surface area contributed by atoms with Gasteiger partial charge >= 0.3 is 0 Å². The average molecular weight is 505 g/mol. The SMILES string of the molecule is O=C1/C(=C/c2c(NCC(O)c3ccccc3)nc3ccccn3c2=O)SC(=S)N1Cc1ccco1. The second kappa shape index (κ2) is 9.87. The lowest BCUT2D eigenvalue weighted by Crippen LogP contribution is -2.27. The summed E-state index contributed by atoms with van der Waals surface area (Å²) in [5.41, 5.74) is 1.03. The lowest BCUT2D eigenvalue weighted by Gasteiger charge is -2.15. The third-order valence-corrected chi connectivity index (χ3v) is 6.84. The smallest absolute Gasteiger partial charge is 0.267 e. The number of benzene rings is 1. The Labute approximate surface area is 209 Å². The van der Waals surface area contributed by atoms with E-state index in [0.717, 1.165) is 17.3 Å². The monoisotopic (exact) mass is 504 g/mol. The van der Waals surface area contributed by atoms with Gasteiger partial charge in [0.05, 0.1) is 29.4 Å². The fourth-order valence-corrected chi connectivity index (χ4v) is 4.92. The van der Waals surface area contributed by atoms with E-state index in [0.29, 0.717) is 20.6 Å². The highest BCUT2D eigenvalue weighted by Crippen LogP contribution is 2.34. The van der Waals surface area contributed by atoms with Crippen molar-refractivity contribution < 1.29 is 14.3 Å². The largest absolute Gasteiger partial charge is 0.467 e. The molecule has 176 valence electrons. The molecular weight excluding hydrogens is 484 g/mol. The summed E-state index contributed by atoms with van der Waals surface area (Å²) >= 11 is 6.52. The number of amides is 1. The van der Waals surface area contributed by atoms with Crippen LogP contribution in [0.1, 0.15) is 23.0 Å². The Morgan fingerprint density at radius 2 is 1.91 bits per heavy atom. The van der Waals surface area contributed by atoms with E-state index in [1.807, 2.05) is 30.3 Å². The molecule has 4 aromatic rings. The number of thioether (sulfide) groups is 1. The molecule has 35 heavy (non-hydrogen) atoms.